The van der Waals surface area contributed by atoms with Crippen LogP contribution < -0.4 is 5.43 Å². The molecule has 0 unspecified atom stereocenters. The monoisotopic (exact) mass is 401 g/mol. The highest BCUT2D eigenvalue weighted by atomic mass is 79.9. The van der Waals surface area contributed by atoms with Gasteiger partial charge in [0.2, 0.25) is 0 Å². The van der Waals surface area contributed by atoms with E-state index in [0.29, 0.717) is 5.56 Å². The maximum atomic E-state index is 12.1. The number of nitrogens with one attached hydrogen (secondary N) is 1. The Bertz CT molecular complexity index is 723. The molecule has 1 aliphatic heterocycles. The summed E-state index contributed by atoms with van der Waals surface area (Å²) in [7, 11) is 0. The van der Waals surface area contributed by atoms with E-state index in [4.69, 9.17) is 4.74 Å². The van der Waals surface area contributed by atoms with Gasteiger partial charge in [-0.25, -0.2) is 5.43 Å². The summed E-state index contributed by atoms with van der Waals surface area (Å²) in [4.78, 5) is 14.5. The molecule has 1 saturated heterocycles. The van der Waals surface area contributed by atoms with Gasteiger partial charge in [0.25, 0.3) is 5.91 Å². The van der Waals surface area contributed by atoms with Gasteiger partial charge >= 0.3 is 0 Å². The van der Waals surface area contributed by atoms with Gasteiger partial charge in [0.1, 0.15) is 0 Å². The summed E-state index contributed by atoms with van der Waals surface area (Å²) < 4.78 is 6.36. The number of amides is 1. The molecule has 2 aromatic carbocycles. The first-order valence-electron chi connectivity index (χ1n) is 8.19. The Morgan fingerprint density at radius 3 is 2.48 bits per heavy atom. The number of benzene rings is 2. The molecule has 5 nitrogen and oxygen atoms in total. The van der Waals surface area contributed by atoms with Crippen molar-refractivity contribution in [3.63, 3.8) is 0 Å². The number of hydrazone groups is 1. The summed E-state index contributed by atoms with van der Waals surface area (Å²) in [6.07, 6.45) is 1.62. The van der Waals surface area contributed by atoms with Crippen molar-refractivity contribution in [3.05, 3.63) is 69.7 Å². The lowest BCUT2D eigenvalue weighted by Gasteiger charge is -2.26. The highest BCUT2D eigenvalue weighted by molar-refractivity contribution is 9.10. The van der Waals surface area contributed by atoms with Crippen molar-refractivity contribution in [3.8, 4) is 0 Å². The molecule has 1 fully saturated rings. The zero-order valence-corrected chi connectivity index (χ0v) is 15.4. The number of carbonyl (C=O) groups is 1. The molecule has 1 amide bonds. The van der Waals surface area contributed by atoms with E-state index in [1.165, 1.54) is 5.56 Å². The molecule has 6 heteroatoms. The Kier molecular flexibility index (Phi) is 6.33. The molecule has 0 spiro atoms. The molecular weight excluding hydrogens is 382 g/mol. The lowest BCUT2D eigenvalue weighted by atomic mass is 10.1. The van der Waals surface area contributed by atoms with Crippen molar-refractivity contribution in [2.45, 2.75) is 6.54 Å². The Balaban J connectivity index is 1.52. The van der Waals surface area contributed by atoms with Crippen molar-refractivity contribution in [2.24, 2.45) is 5.10 Å². The maximum Gasteiger partial charge on any atom is 0.271 e. The highest BCUT2D eigenvalue weighted by Gasteiger charge is 2.11. The summed E-state index contributed by atoms with van der Waals surface area (Å²) in [6, 6.07) is 15.3. The first-order chi connectivity index (χ1) is 12.2. The molecule has 0 aliphatic carbocycles. The molecule has 25 heavy (non-hydrogen) atoms. The van der Waals surface area contributed by atoms with Crippen LogP contribution in [0, 0.1) is 0 Å². The number of ether oxygens (including phenoxy) is 1. The van der Waals surface area contributed by atoms with Crippen molar-refractivity contribution in [1.29, 1.82) is 0 Å². The van der Waals surface area contributed by atoms with Crippen LogP contribution in [0.4, 0.5) is 0 Å². The number of nitrogens with zero attached hydrogens (tertiary/aromatic N) is 2. The van der Waals surface area contributed by atoms with Gasteiger partial charge in [0, 0.05) is 29.7 Å². The van der Waals surface area contributed by atoms with Crippen LogP contribution in [0.5, 0.6) is 0 Å². The van der Waals surface area contributed by atoms with Gasteiger partial charge in [0.05, 0.1) is 19.4 Å². The fourth-order valence-corrected chi connectivity index (χ4v) is 2.82. The molecule has 130 valence electrons. The van der Waals surface area contributed by atoms with Gasteiger partial charge in [-0.15, -0.1) is 0 Å². The molecule has 3 rings (SSSR count). The molecule has 0 atom stereocenters. The van der Waals surface area contributed by atoms with Crippen molar-refractivity contribution in [2.75, 3.05) is 26.3 Å². The summed E-state index contributed by atoms with van der Waals surface area (Å²) in [6.45, 7) is 4.36. The number of rotatable bonds is 5. The second-order valence-corrected chi connectivity index (χ2v) is 6.75. The summed E-state index contributed by atoms with van der Waals surface area (Å²) in [5, 5.41) is 4.00. The summed E-state index contributed by atoms with van der Waals surface area (Å²) in [5.74, 6) is -0.216. The maximum absolute atomic E-state index is 12.1. The van der Waals surface area contributed by atoms with Gasteiger partial charge in [-0.2, -0.15) is 5.10 Å². The summed E-state index contributed by atoms with van der Waals surface area (Å²) >= 11 is 3.38. The molecule has 1 heterocycles. The Labute approximate surface area is 155 Å². The second-order valence-electron chi connectivity index (χ2n) is 5.84. The van der Waals surface area contributed by atoms with Crippen molar-refractivity contribution >= 4 is 28.1 Å². The van der Waals surface area contributed by atoms with Crippen LogP contribution in [0.15, 0.2) is 58.1 Å². The number of hydrogen-bond donors (Lipinski definition) is 1. The van der Waals surface area contributed by atoms with E-state index < -0.39 is 0 Å². The van der Waals surface area contributed by atoms with Gasteiger partial charge in [-0.05, 0) is 35.4 Å². The lowest BCUT2D eigenvalue weighted by molar-refractivity contribution is 0.0342. The topological polar surface area (TPSA) is 53.9 Å². The molecule has 1 N–H and O–H groups in total. The van der Waals surface area contributed by atoms with E-state index >= 15 is 0 Å². The predicted octanol–water partition coefficient (Wildman–Crippen LogP) is 3.05. The third-order valence-electron chi connectivity index (χ3n) is 3.98. The minimum Gasteiger partial charge on any atom is -0.379 e. The Hall–Kier alpha value is -2.02. The molecule has 0 aromatic heterocycles. The van der Waals surface area contributed by atoms with Gasteiger partial charge < -0.3 is 4.74 Å². The Morgan fingerprint density at radius 1 is 1.12 bits per heavy atom. The van der Waals surface area contributed by atoms with Crippen molar-refractivity contribution < 1.29 is 9.53 Å². The number of morpholine rings is 1. The minimum atomic E-state index is -0.216. The van der Waals surface area contributed by atoms with Gasteiger partial charge in [-0.3, -0.25) is 9.69 Å². The van der Waals surface area contributed by atoms with E-state index in [2.05, 4.69) is 31.4 Å². The third kappa shape index (κ3) is 5.49. The zero-order valence-electron chi connectivity index (χ0n) is 13.8. The largest absolute Gasteiger partial charge is 0.379 e. The van der Waals surface area contributed by atoms with E-state index in [1.807, 2.05) is 48.5 Å². The Morgan fingerprint density at radius 2 is 1.80 bits per heavy atom. The molecule has 0 saturated carbocycles. The fraction of sp³-hybridized carbons (Fsp3) is 0.263. The van der Waals surface area contributed by atoms with Crippen LogP contribution in [-0.4, -0.2) is 43.3 Å². The normalized spacial score (nSPS) is 15.4. The molecule has 0 radical (unpaired) electrons. The first kappa shape index (κ1) is 17.8. The first-order valence-corrected chi connectivity index (χ1v) is 8.98. The standard InChI is InChI=1S/C19H20BrN3O2/c20-18-7-3-15(4-8-18)13-21-22-19(24)17-5-1-16(2-6-17)14-23-9-11-25-12-10-23/h1-8,13H,9-12,14H2,(H,22,24)/b21-13-. The SMILES string of the molecule is O=C(N/N=C\c1ccc(Br)cc1)c1ccc(CN2CCOCC2)cc1. The molecule has 1 aliphatic rings. The number of carbonyl (C=O) groups excluding carboxylic acids is 1. The average Bonchev–Trinajstić information content (AvgIpc) is 2.65. The van der Waals surface area contributed by atoms with E-state index in [0.717, 1.165) is 42.9 Å². The summed E-state index contributed by atoms with van der Waals surface area (Å²) in [5.41, 5.74) is 5.26. The smallest absolute Gasteiger partial charge is 0.271 e. The number of halogens is 1. The number of hydrogen-bond acceptors (Lipinski definition) is 4. The van der Waals surface area contributed by atoms with Crippen LogP contribution >= 0.6 is 15.9 Å². The quantitative estimate of drug-likeness (QED) is 0.618. The van der Waals surface area contributed by atoms with Gasteiger partial charge in [-0.1, -0.05) is 40.2 Å². The molecule has 0 bridgehead atoms. The fourth-order valence-electron chi connectivity index (χ4n) is 2.56. The zero-order chi connectivity index (χ0) is 17.5. The second kappa shape index (κ2) is 8.89. The average molecular weight is 402 g/mol. The van der Waals surface area contributed by atoms with Crippen LogP contribution in [0.3, 0.4) is 0 Å². The van der Waals surface area contributed by atoms with Crippen LogP contribution in [0.2, 0.25) is 0 Å². The van der Waals surface area contributed by atoms with Gasteiger partial charge in [0.15, 0.2) is 0 Å². The molecule has 2 aromatic rings. The molecular formula is C19H20BrN3O2. The minimum absolute atomic E-state index is 0.216. The van der Waals surface area contributed by atoms with Crippen LogP contribution in [0.25, 0.3) is 0 Å². The van der Waals surface area contributed by atoms with Crippen LogP contribution in [0.1, 0.15) is 21.5 Å². The van der Waals surface area contributed by atoms with E-state index in [9.17, 15) is 4.79 Å². The lowest BCUT2D eigenvalue weighted by Crippen LogP contribution is -2.35. The third-order valence-corrected chi connectivity index (χ3v) is 4.50. The van der Waals surface area contributed by atoms with E-state index in [-0.39, 0.29) is 5.91 Å². The van der Waals surface area contributed by atoms with E-state index in [1.54, 1.807) is 6.21 Å². The van der Waals surface area contributed by atoms with Crippen LogP contribution in [-0.2, 0) is 11.3 Å². The van der Waals surface area contributed by atoms with Crippen molar-refractivity contribution in [1.82, 2.24) is 10.3 Å². The highest BCUT2D eigenvalue weighted by Crippen LogP contribution is 2.10. The predicted molar refractivity (Wildman–Crippen MR) is 102 cm³/mol.